The fourth-order valence-corrected chi connectivity index (χ4v) is 7.75. The molecule has 0 fully saturated rings. The van der Waals surface area contributed by atoms with Crippen molar-refractivity contribution in [1.29, 1.82) is 0 Å². The Hall–Kier alpha value is -7.62. The van der Waals surface area contributed by atoms with Gasteiger partial charge in [0.2, 0.25) is 0 Å². The van der Waals surface area contributed by atoms with Gasteiger partial charge < -0.3 is 4.90 Å². The summed E-state index contributed by atoms with van der Waals surface area (Å²) in [6.45, 7) is 0. The van der Waals surface area contributed by atoms with Crippen LogP contribution in [0.1, 0.15) is 0 Å². The molecule has 0 N–H and O–H groups in total. The molecule has 0 unspecified atom stereocenters. The quantitative estimate of drug-likeness (QED) is 0.146. The second-order valence-corrected chi connectivity index (χ2v) is 14.2. The molecule has 9 aromatic carbocycles. The Kier molecular flexibility index (Phi) is 8.86. The van der Waals surface area contributed by atoms with Crippen LogP contribution >= 0.6 is 0 Å². The zero-order valence-corrected chi connectivity index (χ0v) is 31.2. The van der Waals surface area contributed by atoms with Crippen LogP contribution in [-0.2, 0) is 0 Å². The minimum atomic E-state index is 0.873. The van der Waals surface area contributed by atoms with Crippen LogP contribution in [0.25, 0.3) is 77.7 Å². The van der Waals surface area contributed by atoms with Crippen LogP contribution in [0.2, 0.25) is 0 Å². The molecular formula is C54H37N3. The van der Waals surface area contributed by atoms with Crippen molar-refractivity contribution in [2.75, 3.05) is 4.90 Å². The number of anilines is 3. The molecule has 0 aliphatic rings. The van der Waals surface area contributed by atoms with Gasteiger partial charge in [0.25, 0.3) is 0 Å². The lowest BCUT2D eigenvalue weighted by molar-refractivity contribution is 1.28. The van der Waals surface area contributed by atoms with E-state index in [1.165, 1.54) is 22.3 Å². The number of hydrogen-bond donors (Lipinski definition) is 0. The van der Waals surface area contributed by atoms with Gasteiger partial charge in [0.05, 0.1) is 22.4 Å². The minimum absolute atomic E-state index is 0.873. The molecular weight excluding hydrogens is 691 g/mol. The fourth-order valence-electron chi connectivity index (χ4n) is 7.75. The van der Waals surface area contributed by atoms with E-state index in [0.717, 1.165) is 72.5 Å². The average molecular weight is 728 g/mol. The van der Waals surface area contributed by atoms with Crippen molar-refractivity contribution in [3.05, 3.63) is 224 Å². The first-order chi connectivity index (χ1) is 28.2. The summed E-state index contributed by atoms with van der Waals surface area (Å²) in [6.07, 6.45) is 0. The van der Waals surface area contributed by atoms with Crippen LogP contribution in [0.5, 0.6) is 0 Å². The first-order valence-electron chi connectivity index (χ1n) is 19.3. The molecule has 1 heterocycles. The zero-order valence-electron chi connectivity index (χ0n) is 31.2. The number of rotatable bonds is 8. The third-order valence-corrected chi connectivity index (χ3v) is 10.6. The average Bonchev–Trinajstić information content (AvgIpc) is 3.30. The summed E-state index contributed by atoms with van der Waals surface area (Å²) >= 11 is 0. The van der Waals surface area contributed by atoms with E-state index >= 15 is 0 Å². The molecule has 1 aromatic heterocycles. The van der Waals surface area contributed by atoms with Crippen molar-refractivity contribution in [2.45, 2.75) is 0 Å². The van der Waals surface area contributed by atoms with Crippen molar-refractivity contribution in [3.63, 3.8) is 0 Å². The van der Waals surface area contributed by atoms with E-state index in [0.29, 0.717) is 0 Å². The Balaban J connectivity index is 1.03. The molecule has 0 amide bonds. The van der Waals surface area contributed by atoms with Gasteiger partial charge in [0.1, 0.15) is 0 Å². The lowest BCUT2D eigenvalue weighted by Crippen LogP contribution is -2.09. The highest BCUT2D eigenvalue weighted by Gasteiger charge is 2.17. The highest BCUT2D eigenvalue weighted by Crippen LogP contribution is 2.39. The van der Waals surface area contributed by atoms with E-state index in [-0.39, 0.29) is 0 Å². The van der Waals surface area contributed by atoms with Crippen LogP contribution in [0.4, 0.5) is 17.1 Å². The maximum Gasteiger partial charge on any atom is 0.0973 e. The van der Waals surface area contributed by atoms with E-state index in [1.54, 1.807) is 0 Å². The normalized spacial score (nSPS) is 11.2. The van der Waals surface area contributed by atoms with Gasteiger partial charge in [0.15, 0.2) is 0 Å². The van der Waals surface area contributed by atoms with Gasteiger partial charge in [-0.3, -0.25) is 0 Å². The van der Waals surface area contributed by atoms with Gasteiger partial charge in [0, 0.05) is 33.6 Å². The molecule has 0 bridgehead atoms. The second-order valence-electron chi connectivity index (χ2n) is 14.2. The highest BCUT2D eigenvalue weighted by molar-refractivity contribution is 6.07. The predicted molar refractivity (Wildman–Crippen MR) is 239 cm³/mol. The fraction of sp³-hybridized carbons (Fsp3) is 0. The van der Waals surface area contributed by atoms with E-state index in [9.17, 15) is 0 Å². The largest absolute Gasteiger partial charge is 0.310 e. The molecule has 3 nitrogen and oxygen atoms in total. The summed E-state index contributed by atoms with van der Waals surface area (Å²) < 4.78 is 0. The maximum atomic E-state index is 5.39. The summed E-state index contributed by atoms with van der Waals surface area (Å²) in [4.78, 5) is 13.0. The van der Waals surface area contributed by atoms with Crippen molar-refractivity contribution in [2.24, 2.45) is 0 Å². The third kappa shape index (κ3) is 6.73. The van der Waals surface area contributed by atoms with Gasteiger partial charge in [-0.2, -0.15) is 0 Å². The lowest BCUT2D eigenvalue weighted by atomic mass is 9.98. The molecule has 0 radical (unpaired) electrons. The molecule has 0 atom stereocenters. The number of aromatic nitrogens is 2. The molecule has 268 valence electrons. The minimum Gasteiger partial charge on any atom is -0.310 e. The van der Waals surface area contributed by atoms with Gasteiger partial charge >= 0.3 is 0 Å². The van der Waals surface area contributed by atoms with E-state index < -0.39 is 0 Å². The summed E-state index contributed by atoms with van der Waals surface area (Å²) in [6, 6.07) is 79.2. The molecule has 10 rings (SSSR count). The van der Waals surface area contributed by atoms with Crippen molar-refractivity contribution in [3.8, 4) is 55.9 Å². The van der Waals surface area contributed by atoms with Crippen LogP contribution in [0, 0.1) is 0 Å². The number of hydrogen-bond acceptors (Lipinski definition) is 3. The Labute approximate surface area is 332 Å². The SMILES string of the molecule is c1ccc(-c2ccc(-c3ccc(N(c4ccccc4)c4cccc(-c5ccc6ccc7nc(-c8ccccc8)c(-c8ccccc8)nc7c6c5)c4)cc3)cc2)cc1. The van der Waals surface area contributed by atoms with Crippen LogP contribution in [-0.4, -0.2) is 9.97 Å². The Morgan fingerprint density at radius 1 is 0.281 bits per heavy atom. The van der Waals surface area contributed by atoms with Crippen LogP contribution < -0.4 is 4.90 Å². The predicted octanol–water partition coefficient (Wildman–Crippen LogP) is 14.6. The summed E-state index contributed by atoms with van der Waals surface area (Å²) in [5.41, 5.74) is 15.9. The van der Waals surface area contributed by atoms with E-state index in [4.69, 9.17) is 9.97 Å². The standard InChI is InChI=1S/C54H37N3/c1-5-14-38(15-6-1)39-24-26-40(27-25-39)41-30-33-48(34-31-41)57(47-21-11-4-12-22-47)49-23-13-20-45(36-49)46-29-28-42-32-35-51-54(50(42)37-46)56-53(44-18-9-3-10-19-44)52(55-51)43-16-7-2-8-17-43/h1-37H. The van der Waals surface area contributed by atoms with Gasteiger partial charge in [-0.1, -0.05) is 176 Å². The molecule has 10 aromatic rings. The molecule has 57 heavy (non-hydrogen) atoms. The highest BCUT2D eigenvalue weighted by atomic mass is 15.1. The number of para-hydroxylation sites is 1. The number of nitrogens with zero attached hydrogens (tertiary/aromatic N) is 3. The second kappa shape index (κ2) is 14.9. The number of benzene rings is 9. The molecule has 0 saturated carbocycles. The van der Waals surface area contributed by atoms with E-state index in [1.807, 2.05) is 12.1 Å². The van der Waals surface area contributed by atoms with E-state index in [2.05, 4.69) is 217 Å². The topological polar surface area (TPSA) is 29.0 Å². The first-order valence-corrected chi connectivity index (χ1v) is 19.3. The third-order valence-electron chi connectivity index (χ3n) is 10.6. The van der Waals surface area contributed by atoms with Crippen LogP contribution in [0.15, 0.2) is 224 Å². The lowest BCUT2D eigenvalue weighted by Gasteiger charge is -2.26. The Morgan fingerprint density at radius 3 is 1.32 bits per heavy atom. The summed E-state index contributed by atoms with van der Waals surface area (Å²) in [5.74, 6) is 0. The van der Waals surface area contributed by atoms with Crippen molar-refractivity contribution in [1.82, 2.24) is 9.97 Å². The molecule has 3 heteroatoms. The summed E-state index contributed by atoms with van der Waals surface area (Å²) in [7, 11) is 0. The van der Waals surface area contributed by atoms with Gasteiger partial charge in [-0.05, 0) is 87.3 Å². The Bertz CT molecular complexity index is 2960. The number of fused-ring (bicyclic) bond motifs is 3. The van der Waals surface area contributed by atoms with Crippen molar-refractivity contribution < 1.29 is 0 Å². The summed E-state index contributed by atoms with van der Waals surface area (Å²) in [5, 5.41) is 2.20. The smallest absolute Gasteiger partial charge is 0.0973 e. The molecule has 0 saturated heterocycles. The monoisotopic (exact) mass is 727 g/mol. The molecule has 0 spiro atoms. The van der Waals surface area contributed by atoms with Gasteiger partial charge in [-0.25, -0.2) is 9.97 Å². The van der Waals surface area contributed by atoms with Crippen molar-refractivity contribution >= 4 is 38.9 Å². The molecule has 0 aliphatic carbocycles. The molecule has 0 aliphatic heterocycles. The Morgan fingerprint density at radius 2 is 0.702 bits per heavy atom. The van der Waals surface area contributed by atoms with Crippen LogP contribution in [0.3, 0.4) is 0 Å². The zero-order chi connectivity index (χ0) is 38.0. The maximum absolute atomic E-state index is 5.39. The van der Waals surface area contributed by atoms with Gasteiger partial charge in [-0.15, -0.1) is 0 Å². The first kappa shape index (κ1) is 33.9.